The summed E-state index contributed by atoms with van der Waals surface area (Å²) >= 11 is 1.77. The summed E-state index contributed by atoms with van der Waals surface area (Å²) in [6, 6.07) is 0. The molecule has 2 heterocycles. The molecule has 1 aromatic heterocycles. The van der Waals surface area contributed by atoms with E-state index in [0.29, 0.717) is 5.92 Å². The molecule has 1 aliphatic heterocycles. The molecule has 3 rings (SSSR count). The molecular formula is C13H20N2OS. The molecule has 1 aliphatic carbocycles. The highest BCUT2D eigenvalue weighted by molar-refractivity contribution is 7.09. The first-order valence-electron chi connectivity index (χ1n) is 6.57. The smallest absolute Gasteiger partial charge is 0.0928 e. The van der Waals surface area contributed by atoms with Crippen LogP contribution >= 0.6 is 11.3 Å². The fraction of sp³-hybridized carbons (Fsp3) is 0.769. The van der Waals surface area contributed by atoms with Gasteiger partial charge in [-0.25, -0.2) is 4.98 Å². The maximum absolute atomic E-state index is 10.2. The lowest BCUT2D eigenvalue weighted by molar-refractivity contribution is -0.116. The molecule has 3 nitrogen and oxygen atoms in total. The van der Waals surface area contributed by atoms with Crippen molar-refractivity contribution in [3.8, 4) is 0 Å². The van der Waals surface area contributed by atoms with Crippen LogP contribution in [0.2, 0.25) is 0 Å². The van der Waals surface area contributed by atoms with Gasteiger partial charge in [-0.1, -0.05) is 6.92 Å². The predicted octanol–water partition coefficient (Wildman–Crippen LogP) is 2.05. The SMILES string of the molecule is CCCc1nc(CN2CC(O)(C3CC3)C2)cs1. The van der Waals surface area contributed by atoms with Gasteiger partial charge in [0.1, 0.15) is 0 Å². The Bertz CT molecular complexity index is 394. The zero-order valence-corrected chi connectivity index (χ0v) is 11.2. The number of thiazole rings is 1. The maximum Gasteiger partial charge on any atom is 0.0928 e. The molecule has 0 bridgehead atoms. The first-order valence-corrected chi connectivity index (χ1v) is 7.45. The van der Waals surface area contributed by atoms with Crippen LogP contribution in [0.5, 0.6) is 0 Å². The van der Waals surface area contributed by atoms with Gasteiger partial charge in [-0.2, -0.15) is 0 Å². The van der Waals surface area contributed by atoms with E-state index in [1.165, 1.54) is 23.5 Å². The lowest BCUT2D eigenvalue weighted by atomic mass is 9.89. The average molecular weight is 252 g/mol. The molecule has 0 unspecified atom stereocenters. The van der Waals surface area contributed by atoms with Crippen molar-refractivity contribution in [2.24, 2.45) is 5.92 Å². The second-order valence-electron chi connectivity index (χ2n) is 5.51. The van der Waals surface area contributed by atoms with Gasteiger partial charge in [0.2, 0.25) is 0 Å². The van der Waals surface area contributed by atoms with Crippen LogP contribution in [-0.2, 0) is 13.0 Å². The Kier molecular flexibility index (Phi) is 2.97. The summed E-state index contributed by atoms with van der Waals surface area (Å²) in [5.41, 5.74) is 0.818. The first kappa shape index (κ1) is 11.6. The number of aliphatic hydroxyl groups is 1. The Morgan fingerprint density at radius 3 is 2.94 bits per heavy atom. The van der Waals surface area contributed by atoms with Crippen LogP contribution in [0.3, 0.4) is 0 Å². The van der Waals surface area contributed by atoms with Crippen LogP contribution in [0, 0.1) is 5.92 Å². The Hall–Kier alpha value is -0.450. The third-order valence-electron chi connectivity index (χ3n) is 3.78. The Morgan fingerprint density at radius 2 is 2.29 bits per heavy atom. The lowest BCUT2D eigenvalue weighted by Crippen LogP contribution is -2.62. The van der Waals surface area contributed by atoms with Crippen molar-refractivity contribution in [3.05, 3.63) is 16.1 Å². The summed E-state index contributed by atoms with van der Waals surface area (Å²) in [4.78, 5) is 6.93. The number of likely N-dealkylation sites (tertiary alicyclic amines) is 1. The lowest BCUT2D eigenvalue weighted by Gasteiger charge is -2.46. The van der Waals surface area contributed by atoms with Crippen LogP contribution in [-0.4, -0.2) is 33.7 Å². The van der Waals surface area contributed by atoms with E-state index in [1.54, 1.807) is 11.3 Å². The molecule has 2 aliphatic rings. The minimum atomic E-state index is -0.359. The summed E-state index contributed by atoms with van der Waals surface area (Å²) in [6.07, 6.45) is 4.71. The molecule has 0 amide bonds. The molecule has 0 radical (unpaired) electrons. The zero-order valence-electron chi connectivity index (χ0n) is 10.4. The van der Waals surface area contributed by atoms with E-state index >= 15 is 0 Å². The van der Waals surface area contributed by atoms with Crippen molar-refractivity contribution in [1.29, 1.82) is 0 Å². The van der Waals surface area contributed by atoms with Gasteiger partial charge in [0, 0.05) is 25.0 Å². The molecule has 0 atom stereocenters. The van der Waals surface area contributed by atoms with Crippen molar-refractivity contribution in [3.63, 3.8) is 0 Å². The van der Waals surface area contributed by atoms with Gasteiger partial charge in [-0.3, -0.25) is 4.90 Å². The maximum atomic E-state index is 10.2. The van der Waals surface area contributed by atoms with Crippen LogP contribution < -0.4 is 0 Å². The average Bonchev–Trinajstić information content (AvgIpc) is 3.01. The van der Waals surface area contributed by atoms with Gasteiger partial charge in [0.05, 0.1) is 16.3 Å². The second kappa shape index (κ2) is 4.34. The molecule has 1 N–H and O–H groups in total. The number of hydrogen-bond donors (Lipinski definition) is 1. The van der Waals surface area contributed by atoms with Crippen LogP contribution in [0.1, 0.15) is 36.9 Å². The highest BCUT2D eigenvalue weighted by Gasteiger charge is 2.51. The Labute approximate surface area is 106 Å². The molecule has 1 saturated heterocycles. The van der Waals surface area contributed by atoms with Crippen LogP contribution in [0.15, 0.2) is 5.38 Å². The highest BCUT2D eigenvalue weighted by atomic mass is 32.1. The molecule has 17 heavy (non-hydrogen) atoms. The highest BCUT2D eigenvalue weighted by Crippen LogP contribution is 2.44. The van der Waals surface area contributed by atoms with Crippen molar-refractivity contribution >= 4 is 11.3 Å². The Balaban J connectivity index is 1.51. The topological polar surface area (TPSA) is 36.4 Å². The number of hydrogen-bond acceptors (Lipinski definition) is 4. The number of nitrogens with zero attached hydrogens (tertiary/aromatic N) is 2. The van der Waals surface area contributed by atoms with E-state index < -0.39 is 0 Å². The van der Waals surface area contributed by atoms with E-state index in [-0.39, 0.29) is 5.60 Å². The van der Waals surface area contributed by atoms with E-state index in [0.717, 1.165) is 32.5 Å². The largest absolute Gasteiger partial charge is 0.387 e. The van der Waals surface area contributed by atoms with E-state index in [2.05, 4.69) is 22.2 Å². The van der Waals surface area contributed by atoms with Gasteiger partial charge in [-0.15, -0.1) is 11.3 Å². The van der Waals surface area contributed by atoms with Gasteiger partial charge in [0.25, 0.3) is 0 Å². The standard InChI is InChI=1S/C13H20N2OS/c1-2-3-12-14-11(7-17-12)6-15-8-13(16,9-15)10-4-5-10/h7,10,16H,2-6,8-9H2,1H3. The minimum Gasteiger partial charge on any atom is -0.387 e. The summed E-state index contributed by atoms with van der Waals surface area (Å²) < 4.78 is 0. The fourth-order valence-corrected chi connectivity index (χ4v) is 3.59. The molecule has 4 heteroatoms. The van der Waals surface area contributed by atoms with Crippen LogP contribution in [0.4, 0.5) is 0 Å². The van der Waals surface area contributed by atoms with Gasteiger partial charge >= 0.3 is 0 Å². The van der Waals surface area contributed by atoms with Gasteiger partial charge in [0.15, 0.2) is 0 Å². The second-order valence-corrected chi connectivity index (χ2v) is 6.45. The van der Waals surface area contributed by atoms with Gasteiger partial charge < -0.3 is 5.11 Å². The summed E-state index contributed by atoms with van der Waals surface area (Å²) in [5.74, 6) is 0.588. The Morgan fingerprint density at radius 1 is 1.53 bits per heavy atom. The fourth-order valence-electron chi connectivity index (χ4n) is 2.70. The van der Waals surface area contributed by atoms with Gasteiger partial charge in [-0.05, 0) is 31.6 Å². The van der Waals surface area contributed by atoms with E-state index in [9.17, 15) is 5.11 Å². The van der Waals surface area contributed by atoms with E-state index in [1.807, 2.05) is 0 Å². The molecule has 0 spiro atoms. The summed E-state index contributed by atoms with van der Waals surface area (Å²) in [7, 11) is 0. The third kappa shape index (κ3) is 2.39. The monoisotopic (exact) mass is 252 g/mol. The number of rotatable bonds is 5. The molecule has 1 saturated carbocycles. The number of aromatic nitrogens is 1. The quantitative estimate of drug-likeness (QED) is 0.871. The summed E-state index contributed by atoms with van der Waals surface area (Å²) in [6.45, 7) is 4.79. The molecular weight excluding hydrogens is 232 g/mol. The van der Waals surface area contributed by atoms with Crippen molar-refractivity contribution in [1.82, 2.24) is 9.88 Å². The predicted molar refractivity (Wildman–Crippen MR) is 69.1 cm³/mol. The van der Waals surface area contributed by atoms with E-state index in [4.69, 9.17) is 0 Å². The third-order valence-corrected chi connectivity index (χ3v) is 4.74. The minimum absolute atomic E-state index is 0.359. The summed E-state index contributed by atoms with van der Waals surface area (Å²) in [5, 5.41) is 13.6. The zero-order chi connectivity index (χ0) is 11.9. The van der Waals surface area contributed by atoms with Crippen molar-refractivity contribution in [2.75, 3.05) is 13.1 Å². The van der Waals surface area contributed by atoms with Crippen LogP contribution in [0.25, 0.3) is 0 Å². The molecule has 2 fully saturated rings. The molecule has 94 valence electrons. The first-order chi connectivity index (χ1) is 8.19. The van der Waals surface area contributed by atoms with Crippen molar-refractivity contribution in [2.45, 2.75) is 44.8 Å². The normalized spacial score (nSPS) is 23.6. The number of β-amino-alcohol motifs (C(OH)–C–C–N with tert-alkyl or cyclic N) is 1. The van der Waals surface area contributed by atoms with Crippen molar-refractivity contribution < 1.29 is 5.11 Å². The molecule has 1 aromatic rings. The molecule has 0 aromatic carbocycles. The number of aryl methyl sites for hydroxylation is 1.